The molecule has 4 heteroatoms. The molecule has 102 valence electrons. The van der Waals surface area contributed by atoms with E-state index >= 15 is 0 Å². The van der Waals surface area contributed by atoms with E-state index in [0.29, 0.717) is 6.61 Å². The molecule has 0 aliphatic rings. The Bertz CT molecular complexity index is 704. The van der Waals surface area contributed by atoms with Gasteiger partial charge in [-0.15, -0.1) is 0 Å². The van der Waals surface area contributed by atoms with Crippen LogP contribution in [0.2, 0.25) is 0 Å². The minimum atomic E-state index is -0.121. The summed E-state index contributed by atoms with van der Waals surface area (Å²) >= 11 is 0. The van der Waals surface area contributed by atoms with Crippen molar-refractivity contribution in [3.63, 3.8) is 0 Å². The normalized spacial score (nSPS) is 12.5. The van der Waals surface area contributed by atoms with Crippen molar-refractivity contribution in [2.45, 2.75) is 19.6 Å². The first-order valence-electron chi connectivity index (χ1n) is 6.65. The van der Waals surface area contributed by atoms with E-state index in [9.17, 15) is 0 Å². The Morgan fingerprint density at radius 2 is 1.95 bits per heavy atom. The van der Waals surface area contributed by atoms with Gasteiger partial charge in [0.25, 0.3) is 0 Å². The Balaban J connectivity index is 1.87. The molecule has 4 nitrogen and oxygen atoms in total. The quantitative estimate of drug-likeness (QED) is 0.763. The molecule has 3 N–H and O–H groups in total. The number of hydrogen-bond donors (Lipinski definition) is 2. The molecule has 20 heavy (non-hydrogen) atoms. The van der Waals surface area contributed by atoms with Crippen LogP contribution in [0.1, 0.15) is 24.4 Å². The number of ether oxygens (including phenoxy) is 1. The molecule has 1 aromatic heterocycles. The predicted molar refractivity (Wildman–Crippen MR) is 79.5 cm³/mol. The van der Waals surface area contributed by atoms with Crippen LogP contribution in [0.5, 0.6) is 5.75 Å². The summed E-state index contributed by atoms with van der Waals surface area (Å²) in [5.41, 5.74) is 8.77. The lowest BCUT2D eigenvalue weighted by Gasteiger charge is -2.06. The maximum Gasteiger partial charge on any atom is 0.147 e. The Morgan fingerprint density at radius 1 is 1.15 bits per heavy atom. The number of nitrogens with one attached hydrogen (secondary N) is 1. The van der Waals surface area contributed by atoms with Gasteiger partial charge >= 0.3 is 0 Å². The van der Waals surface area contributed by atoms with Gasteiger partial charge in [0.05, 0.1) is 11.6 Å². The van der Waals surface area contributed by atoms with E-state index in [1.165, 1.54) is 0 Å². The summed E-state index contributed by atoms with van der Waals surface area (Å²) in [6.45, 7) is 2.43. The maximum atomic E-state index is 5.88. The van der Waals surface area contributed by atoms with E-state index in [4.69, 9.17) is 10.5 Å². The van der Waals surface area contributed by atoms with Crippen LogP contribution in [-0.2, 0) is 6.61 Å². The van der Waals surface area contributed by atoms with Crippen molar-refractivity contribution in [3.05, 3.63) is 59.9 Å². The number of aromatic nitrogens is 2. The third-order valence-corrected chi connectivity index (χ3v) is 3.16. The Kier molecular flexibility index (Phi) is 3.39. The van der Waals surface area contributed by atoms with Crippen molar-refractivity contribution in [3.8, 4) is 5.75 Å². The van der Waals surface area contributed by atoms with Crippen molar-refractivity contribution < 1.29 is 4.74 Å². The third kappa shape index (κ3) is 2.51. The number of nitrogens with zero attached hydrogens (tertiary/aromatic N) is 1. The molecule has 3 aromatic rings. The van der Waals surface area contributed by atoms with E-state index in [0.717, 1.165) is 28.2 Å². The van der Waals surface area contributed by atoms with E-state index in [2.05, 4.69) is 9.97 Å². The van der Waals surface area contributed by atoms with Gasteiger partial charge in [-0.05, 0) is 24.6 Å². The fourth-order valence-electron chi connectivity index (χ4n) is 2.09. The summed E-state index contributed by atoms with van der Waals surface area (Å²) in [5, 5.41) is 0. The second kappa shape index (κ2) is 5.35. The number of benzene rings is 2. The van der Waals surface area contributed by atoms with Crippen LogP contribution in [0.15, 0.2) is 48.5 Å². The second-order valence-electron chi connectivity index (χ2n) is 4.84. The van der Waals surface area contributed by atoms with E-state index in [1.54, 1.807) is 0 Å². The topological polar surface area (TPSA) is 63.9 Å². The van der Waals surface area contributed by atoms with Crippen LogP contribution in [-0.4, -0.2) is 9.97 Å². The number of nitrogens with two attached hydrogens (primary N) is 1. The fourth-order valence-corrected chi connectivity index (χ4v) is 2.09. The van der Waals surface area contributed by atoms with Crippen LogP contribution in [0.25, 0.3) is 11.0 Å². The SMILES string of the molecule is CC(N)c1nc2c(OCc3ccccc3)cccc2[nH]1. The summed E-state index contributed by atoms with van der Waals surface area (Å²) in [6, 6.07) is 15.8. The van der Waals surface area contributed by atoms with Crippen molar-refractivity contribution in [2.75, 3.05) is 0 Å². The molecule has 0 amide bonds. The zero-order valence-electron chi connectivity index (χ0n) is 11.3. The highest BCUT2D eigenvalue weighted by molar-refractivity contribution is 5.81. The number of para-hydroxylation sites is 1. The van der Waals surface area contributed by atoms with E-state index < -0.39 is 0 Å². The fraction of sp³-hybridized carbons (Fsp3) is 0.188. The highest BCUT2D eigenvalue weighted by Crippen LogP contribution is 2.25. The first-order valence-corrected chi connectivity index (χ1v) is 6.65. The molecule has 0 aliphatic heterocycles. The van der Waals surface area contributed by atoms with Crippen LogP contribution in [0, 0.1) is 0 Å². The van der Waals surface area contributed by atoms with Crippen LogP contribution >= 0.6 is 0 Å². The lowest BCUT2D eigenvalue weighted by Crippen LogP contribution is -2.06. The van der Waals surface area contributed by atoms with Crippen molar-refractivity contribution in [1.29, 1.82) is 0 Å². The molecule has 3 rings (SSSR count). The standard InChI is InChI=1S/C16H17N3O/c1-11(17)16-18-13-8-5-9-14(15(13)19-16)20-10-12-6-3-2-4-7-12/h2-9,11H,10,17H2,1H3,(H,18,19). The van der Waals surface area contributed by atoms with Gasteiger partial charge in [0.2, 0.25) is 0 Å². The van der Waals surface area contributed by atoms with Crippen LogP contribution < -0.4 is 10.5 Å². The number of H-pyrrole nitrogens is 1. The Labute approximate surface area is 117 Å². The number of fused-ring (bicyclic) bond motifs is 1. The lowest BCUT2D eigenvalue weighted by atomic mass is 10.2. The van der Waals surface area contributed by atoms with Gasteiger partial charge in [-0.1, -0.05) is 36.4 Å². The number of rotatable bonds is 4. The summed E-state index contributed by atoms with van der Waals surface area (Å²) in [6.07, 6.45) is 0. The second-order valence-corrected chi connectivity index (χ2v) is 4.84. The number of imidazole rings is 1. The van der Waals surface area contributed by atoms with Gasteiger partial charge in [0.15, 0.2) is 0 Å². The molecule has 0 bridgehead atoms. The molecule has 0 fully saturated rings. The molecular weight excluding hydrogens is 250 g/mol. The molecule has 0 saturated carbocycles. The number of aromatic amines is 1. The van der Waals surface area contributed by atoms with Gasteiger partial charge in [-0.25, -0.2) is 4.98 Å². The van der Waals surface area contributed by atoms with Gasteiger partial charge < -0.3 is 15.5 Å². The Morgan fingerprint density at radius 3 is 2.70 bits per heavy atom. The highest BCUT2D eigenvalue weighted by atomic mass is 16.5. The smallest absolute Gasteiger partial charge is 0.147 e. The zero-order chi connectivity index (χ0) is 13.9. The molecule has 0 radical (unpaired) electrons. The average Bonchev–Trinajstić information content (AvgIpc) is 2.91. The molecule has 0 spiro atoms. The van der Waals surface area contributed by atoms with Gasteiger partial charge in [-0.2, -0.15) is 0 Å². The highest BCUT2D eigenvalue weighted by Gasteiger charge is 2.10. The predicted octanol–water partition coefficient (Wildman–Crippen LogP) is 3.16. The average molecular weight is 267 g/mol. The van der Waals surface area contributed by atoms with Crippen molar-refractivity contribution in [1.82, 2.24) is 9.97 Å². The lowest BCUT2D eigenvalue weighted by molar-refractivity contribution is 0.309. The summed E-state index contributed by atoms with van der Waals surface area (Å²) in [4.78, 5) is 7.74. The third-order valence-electron chi connectivity index (χ3n) is 3.16. The van der Waals surface area contributed by atoms with Crippen LogP contribution in [0.4, 0.5) is 0 Å². The zero-order valence-corrected chi connectivity index (χ0v) is 11.3. The largest absolute Gasteiger partial charge is 0.487 e. The monoisotopic (exact) mass is 267 g/mol. The first kappa shape index (κ1) is 12.7. The van der Waals surface area contributed by atoms with Crippen molar-refractivity contribution in [2.24, 2.45) is 5.73 Å². The number of hydrogen-bond acceptors (Lipinski definition) is 3. The molecule has 1 atom stereocenters. The molecule has 0 saturated heterocycles. The summed E-state index contributed by atoms with van der Waals surface area (Å²) in [5.74, 6) is 1.55. The molecule has 1 heterocycles. The minimum absolute atomic E-state index is 0.121. The van der Waals surface area contributed by atoms with Gasteiger partial charge in [0, 0.05) is 0 Å². The summed E-state index contributed by atoms with van der Waals surface area (Å²) < 4.78 is 5.88. The molecular formula is C16H17N3O. The van der Waals surface area contributed by atoms with E-state index in [-0.39, 0.29) is 6.04 Å². The maximum absolute atomic E-state index is 5.88. The molecule has 2 aromatic carbocycles. The van der Waals surface area contributed by atoms with Gasteiger partial charge in [0.1, 0.15) is 23.7 Å². The molecule has 0 aliphatic carbocycles. The van der Waals surface area contributed by atoms with Crippen LogP contribution in [0.3, 0.4) is 0 Å². The van der Waals surface area contributed by atoms with Crippen molar-refractivity contribution >= 4 is 11.0 Å². The summed E-state index contributed by atoms with van der Waals surface area (Å²) in [7, 11) is 0. The Hall–Kier alpha value is -2.33. The first-order chi connectivity index (χ1) is 9.74. The molecule has 1 unspecified atom stereocenters. The minimum Gasteiger partial charge on any atom is -0.487 e. The van der Waals surface area contributed by atoms with Gasteiger partial charge in [-0.3, -0.25) is 0 Å². The van der Waals surface area contributed by atoms with E-state index in [1.807, 2.05) is 55.5 Å².